The molecule has 1 aromatic rings. The fourth-order valence-electron chi connectivity index (χ4n) is 2.37. The van der Waals surface area contributed by atoms with E-state index < -0.39 is 17.9 Å². The average molecular weight is 295 g/mol. The maximum Gasteiger partial charge on any atom is 0.325 e. The number of amides is 2. The van der Waals surface area contributed by atoms with Crippen LogP contribution in [0.15, 0.2) is 6.20 Å². The van der Waals surface area contributed by atoms with Gasteiger partial charge in [0.1, 0.15) is 12.6 Å². The fraction of sp³-hybridized carbons (Fsp3) is 0.583. The number of aliphatic carboxylic acids is 1. The molecule has 0 bridgehead atoms. The lowest BCUT2D eigenvalue weighted by atomic mass is 10.0. The van der Waals surface area contributed by atoms with E-state index in [1.54, 1.807) is 0 Å². The molecular weight excluding hydrogens is 278 g/mol. The van der Waals surface area contributed by atoms with Crippen molar-refractivity contribution in [3.63, 3.8) is 0 Å². The second kappa shape index (κ2) is 6.33. The van der Waals surface area contributed by atoms with Gasteiger partial charge >= 0.3 is 5.97 Å². The molecule has 1 aliphatic rings. The quantitative estimate of drug-likeness (QED) is 0.743. The monoisotopic (exact) mass is 295 g/mol. The van der Waals surface area contributed by atoms with Crippen LogP contribution in [0.25, 0.3) is 0 Å². The van der Waals surface area contributed by atoms with Crippen LogP contribution in [0.4, 0.5) is 0 Å². The lowest BCUT2D eigenvalue weighted by molar-refractivity contribution is -0.138. The van der Waals surface area contributed by atoms with Crippen LogP contribution in [0.1, 0.15) is 29.8 Å². The van der Waals surface area contributed by atoms with Crippen LogP contribution < -0.4 is 5.32 Å². The summed E-state index contributed by atoms with van der Waals surface area (Å²) in [5.74, 6) is -1.68. The summed E-state index contributed by atoms with van der Waals surface area (Å²) in [6, 6.07) is -0.513. The molecule has 2 amide bonds. The van der Waals surface area contributed by atoms with Gasteiger partial charge in [-0.2, -0.15) is 0 Å². The number of carbonyl (C=O) groups excluding carboxylic acids is 2. The van der Waals surface area contributed by atoms with Gasteiger partial charge < -0.3 is 15.3 Å². The van der Waals surface area contributed by atoms with Gasteiger partial charge in [0, 0.05) is 13.6 Å². The molecule has 114 valence electrons. The molecule has 1 saturated heterocycles. The molecule has 0 radical (unpaired) electrons. The van der Waals surface area contributed by atoms with Crippen molar-refractivity contribution in [3.05, 3.63) is 11.9 Å². The van der Waals surface area contributed by atoms with Crippen molar-refractivity contribution in [2.24, 2.45) is 0 Å². The second-order valence-electron chi connectivity index (χ2n) is 4.82. The molecule has 0 spiro atoms. The number of aromatic nitrogens is 3. The Balaban J connectivity index is 2.14. The standard InChI is InChI=1S/C12H17N5O4/c1-13-11(20)9-4-2-3-5-17(9)12(21)8-6-16(15-14-8)7-10(18)19/h6,9H,2-5,7H2,1H3,(H,13,20)(H,18,19). The van der Waals surface area contributed by atoms with E-state index in [0.717, 1.165) is 17.5 Å². The Morgan fingerprint density at radius 3 is 2.86 bits per heavy atom. The summed E-state index contributed by atoms with van der Waals surface area (Å²) in [4.78, 5) is 36.3. The number of nitrogens with zero attached hydrogens (tertiary/aromatic N) is 4. The largest absolute Gasteiger partial charge is 0.480 e. The van der Waals surface area contributed by atoms with Crippen molar-refractivity contribution >= 4 is 17.8 Å². The van der Waals surface area contributed by atoms with E-state index in [-0.39, 0.29) is 18.1 Å². The van der Waals surface area contributed by atoms with Gasteiger partial charge in [-0.05, 0) is 19.3 Å². The first kappa shape index (κ1) is 14.9. The van der Waals surface area contributed by atoms with E-state index in [4.69, 9.17) is 5.11 Å². The van der Waals surface area contributed by atoms with Gasteiger partial charge in [-0.3, -0.25) is 14.4 Å². The van der Waals surface area contributed by atoms with Crippen molar-refractivity contribution in [1.82, 2.24) is 25.2 Å². The third-order valence-electron chi connectivity index (χ3n) is 3.37. The average Bonchev–Trinajstić information content (AvgIpc) is 2.93. The Bertz CT molecular complexity index is 556. The highest BCUT2D eigenvalue weighted by molar-refractivity contribution is 5.96. The molecule has 1 fully saturated rings. The number of likely N-dealkylation sites (tertiary alicyclic amines) is 1. The Labute approximate surface area is 120 Å². The summed E-state index contributed by atoms with van der Waals surface area (Å²) in [6.45, 7) is 0.113. The van der Waals surface area contributed by atoms with Crippen LogP contribution in [0.5, 0.6) is 0 Å². The second-order valence-corrected chi connectivity index (χ2v) is 4.82. The smallest absolute Gasteiger partial charge is 0.325 e. The SMILES string of the molecule is CNC(=O)C1CCCCN1C(=O)c1cn(CC(=O)O)nn1. The zero-order valence-electron chi connectivity index (χ0n) is 11.7. The van der Waals surface area contributed by atoms with Crippen LogP contribution in [0.3, 0.4) is 0 Å². The van der Waals surface area contributed by atoms with Crippen molar-refractivity contribution in [1.29, 1.82) is 0 Å². The van der Waals surface area contributed by atoms with Gasteiger partial charge in [0.25, 0.3) is 5.91 Å². The number of piperidine rings is 1. The molecule has 9 nitrogen and oxygen atoms in total. The fourth-order valence-corrected chi connectivity index (χ4v) is 2.37. The first-order valence-corrected chi connectivity index (χ1v) is 6.67. The maximum absolute atomic E-state index is 12.4. The van der Waals surface area contributed by atoms with Gasteiger partial charge in [0.15, 0.2) is 5.69 Å². The topological polar surface area (TPSA) is 117 Å². The van der Waals surface area contributed by atoms with E-state index >= 15 is 0 Å². The number of carboxylic acids is 1. The summed E-state index contributed by atoms with van der Waals surface area (Å²) in [6.07, 6.45) is 3.59. The zero-order valence-corrected chi connectivity index (χ0v) is 11.7. The number of carbonyl (C=O) groups is 3. The first-order valence-electron chi connectivity index (χ1n) is 6.67. The van der Waals surface area contributed by atoms with E-state index in [9.17, 15) is 14.4 Å². The minimum atomic E-state index is -1.07. The highest BCUT2D eigenvalue weighted by Gasteiger charge is 2.33. The van der Waals surface area contributed by atoms with Crippen LogP contribution in [0.2, 0.25) is 0 Å². The Hall–Kier alpha value is -2.45. The molecule has 1 aromatic heterocycles. The number of hydrogen-bond acceptors (Lipinski definition) is 5. The number of likely N-dealkylation sites (N-methyl/N-ethyl adjacent to an activating group) is 1. The van der Waals surface area contributed by atoms with Crippen molar-refractivity contribution in [2.75, 3.05) is 13.6 Å². The minimum Gasteiger partial charge on any atom is -0.480 e. The predicted molar refractivity (Wildman–Crippen MR) is 70.4 cm³/mol. The molecule has 1 unspecified atom stereocenters. The normalized spacial score (nSPS) is 18.3. The number of rotatable bonds is 4. The van der Waals surface area contributed by atoms with Gasteiger partial charge in [0.05, 0.1) is 6.20 Å². The van der Waals surface area contributed by atoms with E-state index in [0.29, 0.717) is 13.0 Å². The molecule has 9 heteroatoms. The molecule has 0 saturated carbocycles. The zero-order chi connectivity index (χ0) is 15.4. The maximum atomic E-state index is 12.4. The number of nitrogens with one attached hydrogen (secondary N) is 1. The third-order valence-corrected chi connectivity index (χ3v) is 3.37. The number of hydrogen-bond donors (Lipinski definition) is 2. The van der Waals surface area contributed by atoms with Crippen LogP contribution in [-0.2, 0) is 16.1 Å². The van der Waals surface area contributed by atoms with E-state index in [1.807, 2.05) is 0 Å². The molecule has 21 heavy (non-hydrogen) atoms. The van der Waals surface area contributed by atoms with Gasteiger partial charge in [-0.1, -0.05) is 5.21 Å². The van der Waals surface area contributed by atoms with Crippen LogP contribution in [-0.4, -0.2) is 62.4 Å². The lowest BCUT2D eigenvalue weighted by Crippen LogP contribution is -2.51. The van der Waals surface area contributed by atoms with Gasteiger partial charge in [0.2, 0.25) is 5.91 Å². The predicted octanol–water partition coefficient (Wildman–Crippen LogP) is -0.897. The summed E-state index contributed by atoms with van der Waals surface area (Å²) >= 11 is 0. The first-order chi connectivity index (χ1) is 10.0. The molecule has 2 heterocycles. The summed E-state index contributed by atoms with van der Waals surface area (Å²) < 4.78 is 1.08. The van der Waals surface area contributed by atoms with E-state index in [2.05, 4.69) is 15.6 Å². The summed E-state index contributed by atoms with van der Waals surface area (Å²) in [7, 11) is 1.53. The Morgan fingerprint density at radius 2 is 2.19 bits per heavy atom. The van der Waals surface area contributed by atoms with Crippen molar-refractivity contribution in [3.8, 4) is 0 Å². The van der Waals surface area contributed by atoms with Crippen LogP contribution >= 0.6 is 0 Å². The molecule has 0 aliphatic carbocycles. The molecule has 1 aliphatic heterocycles. The van der Waals surface area contributed by atoms with Crippen LogP contribution in [0, 0.1) is 0 Å². The van der Waals surface area contributed by atoms with E-state index in [1.165, 1.54) is 18.1 Å². The van der Waals surface area contributed by atoms with Gasteiger partial charge in [-0.15, -0.1) is 5.10 Å². The molecule has 2 rings (SSSR count). The third kappa shape index (κ3) is 3.36. The molecule has 2 N–H and O–H groups in total. The molecule has 1 atom stereocenters. The van der Waals surface area contributed by atoms with Crippen molar-refractivity contribution < 1.29 is 19.5 Å². The molecule has 0 aromatic carbocycles. The Kier molecular flexibility index (Phi) is 4.51. The highest BCUT2D eigenvalue weighted by Crippen LogP contribution is 2.19. The minimum absolute atomic E-state index is 0.0482. The highest BCUT2D eigenvalue weighted by atomic mass is 16.4. The molecular formula is C12H17N5O4. The lowest BCUT2D eigenvalue weighted by Gasteiger charge is -2.33. The Morgan fingerprint density at radius 1 is 1.43 bits per heavy atom. The van der Waals surface area contributed by atoms with Crippen molar-refractivity contribution in [2.45, 2.75) is 31.8 Å². The summed E-state index contributed by atoms with van der Waals surface area (Å²) in [5, 5.41) is 18.5. The summed E-state index contributed by atoms with van der Waals surface area (Å²) in [5.41, 5.74) is 0.0482. The van der Waals surface area contributed by atoms with Gasteiger partial charge in [-0.25, -0.2) is 4.68 Å². The number of carboxylic acid groups (broad SMARTS) is 1.